The smallest absolute Gasteiger partial charge is 0.261 e. The first-order chi connectivity index (χ1) is 27.1. The molecule has 9 nitrogen and oxygen atoms in total. The molecule has 0 aliphatic heterocycles. The third-order valence-electron chi connectivity index (χ3n) is 7.57. The van der Waals surface area contributed by atoms with Gasteiger partial charge >= 0.3 is 0 Å². The van der Waals surface area contributed by atoms with Crippen LogP contribution in [-0.4, -0.2) is 42.6 Å². The van der Waals surface area contributed by atoms with Crippen LogP contribution < -0.4 is 0 Å². The first-order valence-electron chi connectivity index (χ1n) is 15.8. The molecule has 6 aromatic rings. The molecule has 19 heteroatoms. The largest absolute Gasteiger partial charge is 0.289 e. The highest BCUT2D eigenvalue weighted by Crippen LogP contribution is 2.28. The summed E-state index contributed by atoms with van der Waals surface area (Å²) in [5.74, 6) is -1.04. The monoisotopic (exact) mass is 976 g/mol. The first kappa shape index (κ1) is 46.9. The van der Waals surface area contributed by atoms with Crippen molar-refractivity contribution in [3.05, 3.63) is 193 Å². The van der Waals surface area contributed by atoms with Crippen LogP contribution in [0.25, 0.3) is 0 Å². The molecule has 0 saturated heterocycles. The third kappa shape index (κ3) is 12.9. The van der Waals surface area contributed by atoms with E-state index in [-0.39, 0.29) is 58.0 Å². The van der Waals surface area contributed by atoms with Gasteiger partial charge in [0, 0.05) is 70.5 Å². The van der Waals surface area contributed by atoms with Gasteiger partial charge in [0.2, 0.25) is 0 Å². The van der Waals surface area contributed by atoms with Crippen LogP contribution in [-0.2, 0) is 27.2 Å². The lowest BCUT2D eigenvalue weighted by molar-refractivity contribution is 0.103. The fourth-order valence-corrected chi connectivity index (χ4v) is 7.93. The van der Waals surface area contributed by atoms with Crippen LogP contribution in [0.2, 0.25) is 20.1 Å². The summed E-state index contributed by atoms with van der Waals surface area (Å²) in [6.45, 7) is 0. The normalized spacial score (nSPS) is 11.3. The van der Waals surface area contributed by atoms with Crippen molar-refractivity contribution in [2.45, 2.75) is 14.7 Å². The van der Waals surface area contributed by atoms with E-state index in [0.717, 1.165) is 6.07 Å². The summed E-state index contributed by atoms with van der Waals surface area (Å²) in [5, 5.41) is 0.868. The van der Waals surface area contributed by atoms with Gasteiger partial charge in [0.25, 0.3) is 27.2 Å². The lowest BCUT2D eigenvalue weighted by Crippen LogP contribution is -2.04. The Morgan fingerprint density at radius 2 is 0.672 bits per heavy atom. The van der Waals surface area contributed by atoms with Crippen LogP contribution in [0.15, 0.2) is 154 Å². The maximum Gasteiger partial charge on any atom is 0.261 e. The Kier molecular flexibility index (Phi) is 16.2. The maximum absolute atomic E-state index is 12.3. The van der Waals surface area contributed by atoms with E-state index in [1.54, 1.807) is 72.8 Å². The third-order valence-corrected chi connectivity index (χ3v) is 12.9. The number of rotatable bonds is 9. The van der Waals surface area contributed by atoms with Gasteiger partial charge in [-0.15, -0.1) is 0 Å². The average molecular weight is 980 g/mol. The Morgan fingerprint density at radius 1 is 0.345 bits per heavy atom. The highest BCUT2D eigenvalue weighted by Gasteiger charge is 2.20. The second kappa shape index (κ2) is 20.0. The Bertz CT molecular complexity index is 2840. The minimum atomic E-state index is -3.92. The second-order valence-corrected chi connectivity index (χ2v) is 20.8. The molecule has 0 aromatic heterocycles. The molecule has 6 aromatic carbocycles. The zero-order valence-electron chi connectivity index (χ0n) is 28.8. The van der Waals surface area contributed by atoms with Crippen molar-refractivity contribution in [1.29, 1.82) is 0 Å². The van der Waals surface area contributed by atoms with Crippen LogP contribution >= 0.6 is 78.5 Å². The lowest BCUT2D eigenvalue weighted by atomic mass is 10.0. The van der Waals surface area contributed by atoms with E-state index in [2.05, 4.69) is 0 Å². The number of halogens is 7. The van der Waals surface area contributed by atoms with Gasteiger partial charge in [-0.25, -0.2) is 25.3 Å². The molecule has 0 saturated carbocycles. The van der Waals surface area contributed by atoms with Crippen LogP contribution in [0.5, 0.6) is 0 Å². The van der Waals surface area contributed by atoms with Crippen LogP contribution in [0, 0.1) is 0 Å². The highest BCUT2D eigenvalue weighted by atomic mass is 35.7. The van der Waals surface area contributed by atoms with Crippen molar-refractivity contribution in [1.82, 2.24) is 0 Å². The summed E-state index contributed by atoms with van der Waals surface area (Å²) in [6, 6.07) is 34.5. The molecule has 0 fully saturated rings. The zero-order valence-corrected chi connectivity index (χ0v) is 36.6. The summed E-state index contributed by atoms with van der Waals surface area (Å²) in [4.78, 5) is 36.2. The van der Waals surface area contributed by atoms with Crippen molar-refractivity contribution in [3.63, 3.8) is 0 Å². The molecule has 58 heavy (non-hydrogen) atoms. The number of hydrogen-bond donors (Lipinski definition) is 0. The summed E-state index contributed by atoms with van der Waals surface area (Å²) in [5.41, 5.74) is 1.65. The summed E-state index contributed by atoms with van der Waals surface area (Å²) >= 11 is 23.6. The number of carbonyl (C=O) groups is 3. The van der Waals surface area contributed by atoms with Gasteiger partial charge in [0.05, 0.1) is 29.8 Å². The summed E-state index contributed by atoms with van der Waals surface area (Å²) in [6.07, 6.45) is 0. The molecule has 300 valence electrons. The molecule has 0 bridgehead atoms. The molecular weight excluding hydrogens is 957 g/mol. The van der Waals surface area contributed by atoms with Gasteiger partial charge in [-0.3, -0.25) is 14.4 Å². The van der Waals surface area contributed by atoms with Gasteiger partial charge in [0.1, 0.15) is 0 Å². The molecule has 0 amide bonds. The number of carbonyl (C=O) groups excluding carboxylic acids is 3. The van der Waals surface area contributed by atoms with E-state index >= 15 is 0 Å². The quantitative estimate of drug-likeness (QED) is 0.102. The first-order valence-corrected chi connectivity index (χ1v) is 24.2. The molecule has 0 unspecified atom stereocenters. The standard InChI is InChI=1S/C13H7Cl3O3S.2C13H8Cl2O3S/c14-9-3-1-8(2-4-9)13(17)11-7-10(20(16,18)19)5-6-12(11)15;14-12-7-6-10(19(15,17)18)8-11(12)13(16)9-4-2-1-3-5-9;14-12-8-10(19(15,17)18)6-7-11(12)13(16)9-4-2-1-3-5-9/h1-7H;2*1-8H. The lowest BCUT2D eigenvalue weighted by Gasteiger charge is -2.05. The van der Waals surface area contributed by atoms with E-state index in [1.165, 1.54) is 60.7 Å². The Morgan fingerprint density at radius 3 is 1.03 bits per heavy atom. The van der Waals surface area contributed by atoms with E-state index in [1.807, 2.05) is 0 Å². The number of benzene rings is 6. The van der Waals surface area contributed by atoms with Crippen LogP contribution in [0.4, 0.5) is 0 Å². The minimum absolute atomic E-state index is 0.0515. The van der Waals surface area contributed by atoms with Crippen molar-refractivity contribution in [2.75, 3.05) is 0 Å². The van der Waals surface area contributed by atoms with E-state index in [9.17, 15) is 39.6 Å². The highest BCUT2D eigenvalue weighted by molar-refractivity contribution is 8.14. The minimum Gasteiger partial charge on any atom is -0.289 e. The van der Waals surface area contributed by atoms with Gasteiger partial charge < -0.3 is 0 Å². The molecule has 0 N–H and O–H groups in total. The predicted molar refractivity (Wildman–Crippen MR) is 228 cm³/mol. The molecule has 0 radical (unpaired) electrons. The van der Waals surface area contributed by atoms with E-state index < -0.39 is 32.9 Å². The van der Waals surface area contributed by atoms with Gasteiger partial charge in [-0.05, 0) is 78.9 Å². The Balaban J connectivity index is 0.000000193. The fraction of sp³-hybridized carbons (Fsp3) is 0. The molecule has 0 aliphatic carbocycles. The Hall–Kier alpha value is -3.79. The molecule has 6 rings (SSSR count). The number of hydrogen-bond acceptors (Lipinski definition) is 9. The van der Waals surface area contributed by atoms with Crippen molar-refractivity contribution >= 4 is 123 Å². The number of ketones is 3. The predicted octanol–water partition coefficient (Wildman–Crippen LogP) is 11.1. The van der Waals surface area contributed by atoms with E-state index in [4.69, 9.17) is 78.5 Å². The fourth-order valence-electron chi connectivity index (χ4n) is 4.74. The molecule has 0 heterocycles. The average Bonchev–Trinajstić information content (AvgIpc) is 3.17. The van der Waals surface area contributed by atoms with Crippen molar-refractivity contribution in [3.8, 4) is 0 Å². The molecule has 0 spiro atoms. The second-order valence-electron chi connectivity index (χ2n) is 11.5. The van der Waals surface area contributed by atoms with Crippen molar-refractivity contribution in [2.24, 2.45) is 0 Å². The van der Waals surface area contributed by atoms with Crippen LogP contribution in [0.3, 0.4) is 0 Å². The van der Waals surface area contributed by atoms with Crippen molar-refractivity contribution < 1.29 is 39.6 Å². The van der Waals surface area contributed by atoms with E-state index in [0.29, 0.717) is 21.7 Å². The maximum atomic E-state index is 12.3. The molecule has 0 atom stereocenters. The molecular formula is C39H23Cl7O9S3. The Labute approximate surface area is 367 Å². The zero-order chi connectivity index (χ0) is 43.0. The van der Waals surface area contributed by atoms with Gasteiger partial charge in [-0.1, -0.05) is 107 Å². The van der Waals surface area contributed by atoms with Crippen LogP contribution in [0.1, 0.15) is 47.8 Å². The van der Waals surface area contributed by atoms with Gasteiger partial charge in [-0.2, -0.15) is 0 Å². The molecule has 0 aliphatic rings. The van der Waals surface area contributed by atoms with Gasteiger partial charge in [0.15, 0.2) is 17.3 Å². The SMILES string of the molecule is O=C(c1ccc(Cl)cc1)c1cc(S(=O)(=O)Cl)ccc1Cl.O=C(c1ccccc1)c1cc(S(=O)(=O)Cl)ccc1Cl.O=C(c1ccccc1)c1ccc(S(=O)(=O)Cl)cc1Cl. The summed E-state index contributed by atoms with van der Waals surface area (Å²) in [7, 11) is 4.04. The topological polar surface area (TPSA) is 154 Å². The summed E-state index contributed by atoms with van der Waals surface area (Å²) < 4.78 is 67.4.